The predicted octanol–water partition coefficient (Wildman–Crippen LogP) is 0.356. The molecule has 0 saturated heterocycles. The molecule has 10 heteroatoms. The molecule has 0 spiro atoms. The van der Waals surface area contributed by atoms with Crippen LogP contribution in [0.1, 0.15) is 0 Å². The summed E-state index contributed by atoms with van der Waals surface area (Å²) in [4.78, 5) is 5.28. The molecule has 0 aliphatic carbocycles. The number of rotatable bonds is 3. The summed E-state index contributed by atoms with van der Waals surface area (Å²) in [5.74, 6) is 0. The molecule has 10 heavy (non-hydrogen) atoms. The van der Waals surface area contributed by atoms with Crippen LogP contribution in [0.25, 0.3) is 20.9 Å². The van der Waals surface area contributed by atoms with E-state index in [1.807, 2.05) is 4.91 Å². The molecule has 0 aromatic carbocycles. The van der Waals surface area contributed by atoms with Crippen LogP contribution in [0.5, 0.6) is 0 Å². The van der Waals surface area contributed by atoms with Gasteiger partial charge in [-0.15, -0.1) is 10.4 Å². The highest BCUT2D eigenvalue weighted by atomic mass is 32.2. The van der Waals surface area contributed by atoms with Crippen LogP contribution in [0.3, 0.4) is 0 Å². The summed E-state index contributed by atoms with van der Waals surface area (Å²) in [5.41, 5.74) is 15.2. The van der Waals surface area contributed by atoms with E-state index in [-0.39, 0.29) is 0 Å². The van der Waals surface area contributed by atoms with Gasteiger partial charge in [0.1, 0.15) is 0 Å². The average molecular weight is 163 g/mol. The summed E-state index contributed by atoms with van der Waals surface area (Å²) < 4.78 is 22.7. The van der Waals surface area contributed by atoms with Gasteiger partial charge >= 0.3 is 10.2 Å². The van der Waals surface area contributed by atoms with E-state index in [9.17, 15) is 8.42 Å². The zero-order chi connectivity index (χ0) is 8.04. The van der Waals surface area contributed by atoms with Crippen LogP contribution in [-0.4, -0.2) is 8.42 Å². The van der Waals surface area contributed by atoms with Crippen molar-refractivity contribution in [3.8, 4) is 0 Å². The molecule has 0 bridgehead atoms. The predicted molar refractivity (Wildman–Crippen MR) is 30.3 cm³/mol. The number of nitrogens with one attached hydrogen (secondary N) is 1. The van der Waals surface area contributed by atoms with Gasteiger partial charge in [-0.3, -0.25) is 0 Å². The Morgan fingerprint density at radius 1 is 1.30 bits per heavy atom. The van der Waals surface area contributed by atoms with Gasteiger partial charge in [-0.05, 0) is 10.8 Å². The van der Waals surface area contributed by atoms with Crippen molar-refractivity contribution in [3.63, 3.8) is 0 Å². The minimum atomic E-state index is -4.16. The van der Waals surface area contributed by atoms with Crippen molar-refractivity contribution in [2.75, 3.05) is 0 Å². The molecule has 0 aliphatic heterocycles. The summed E-state index contributed by atoms with van der Waals surface area (Å²) in [6.07, 6.45) is 0. The molecule has 0 heterocycles. The van der Waals surface area contributed by atoms with Crippen LogP contribution in [0.4, 0.5) is 0 Å². The molecule has 0 aromatic rings. The lowest BCUT2D eigenvalue weighted by molar-refractivity contribution is 0.585. The van der Waals surface area contributed by atoms with Crippen LogP contribution < -0.4 is 4.83 Å². The van der Waals surface area contributed by atoms with Crippen LogP contribution in [0.15, 0.2) is 9.74 Å². The Morgan fingerprint density at radius 2 is 1.90 bits per heavy atom. The summed E-state index contributed by atoms with van der Waals surface area (Å²) in [6, 6.07) is 0. The van der Waals surface area contributed by atoms with Crippen LogP contribution >= 0.6 is 0 Å². The van der Waals surface area contributed by atoms with Crippen LogP contribution in [0.2, 0.25) is 0 Å². The quantitative estimate of drug-likeness (QED) is 0.277. The van der Waals surface area contributed by atoms with Gasteiger partial charge in [-0.1, -0.05) is 0 Å². The van der Waals surface area contributed by atoms with Crippen molar-refractivity contribution in [2.45, 2.75) is 0 Å². The number of hydrogen-bond acceptors (Lipinski definition) is 3. The van der Waals surface area contributed by atoms with Crippen molar-refractivity contribution in [1.29, 1.82) is 0 Å². The smallest absolute Gasteiger partial charge is 0.175 e. The molecule has 0 aliphatic rings. The van der Waals surface area contributed by atoms with Crippen LogP contribution in [-0.2, 0) is 10.2 Å². The standard InChI is InChI=1S/HN7O2S/c1-3-5-7-10(8,9)6-4-2/h7H. The van der Waals surface area contributed by atoms with Gasteiger partial charge in [0, 0.05) is 4.91 Å². The van der Waals surface area contributed by atoms with E-state index in [0.717, 1.165) is 0 Å². The van der Waals surface area contributed by atoms with Gasteiger partial charge in [-0.2, -0.15) is 13.3 Å². The zero-order valence-corrected chi connectivity index (χ0v) is 5.22. The first-order valence-corrected chi connectivity index (χ1v) is 3.18. The highest BCUT2D eigenvalue weighted by Gasteiger charge is 2.05. The van der Waals surface area contributed by atoms with Crippen molar-refractivity contribution < 1.29 is 8.42 Å². The second kappa shape index (κ2) is 3.41. The van der Waals surface area contributed by atoms with Crippen LogP contribution in [0, 0.1) is 0 Å². The number of hydrogen-bond donors (Lipinski definition) is 1. The van der Waals surface area contributed by atoms with Gasteiger partial charge in [0.05, 0.1) is 4.52 Å². The second-order valence-electron chi connectivity index (χ2n) is 0.927. The summed E-state index contributed by atoms with van der Waals surface area (Å²) in [6.45, 7) is 0. The molecule has 0 fully saturated rings. The fourth-order valence-corrected chi connectivity index (χ4v) is 0.409. The largest absolute Gasteiger partial charge is 0.394 e. The highest BCUT2D eigenvalue weighted by molar-refractivity contribution is 7.88. The SMILES string of the molecule is [N-]=[N+]=NNS(=O)(=O)N=[N+]=[N-]. The third-order valence-corrected chi connectivity index (χ3v) is 0.945. The monoisotopic (exact) mass is 163 g/mol. The molecule has 0 atom stereocenters. The fraction of sp³-hybridized carbons (Fsp3) is 0. The van der Waals surface area contributed by atoms with E-state index in [1.54, 1.807) is 0 Å². The number of nitrogens with zero attached hydrogens (tertiary/aromatic N) is 6. The molecule has 0 rings (SSSR count). The van der Waals surface area contributed by atoms with Crippen molar-refractivity contribution in [1.82, 2.24) is 4.83 Å². The van der Waals surface area contributed by atoms with E-state index >= 15 is 0 Å². The lowest BCUT2D eigenvalue weighted by Crippen LogP contribution is -2.12. The second-order valence-corrected chi connectivity index (χ2v) is 2.22. The van der Waals surface area contributed by atoms with Crippen molar-refractivity contribution in [3.05, 3.63) is 20.9 Å². The first kappa shape index (κ1) is 8.37. The third kappa shape index (κ3) is 3.38. The van der Waals surface area contributed by atoms with E-state index in [4.69, 9.17) is 11.1 Å². The average Bonchev–Trinajstić information content (AvgIpc) is 1.84. The lowest BCUT2D eigenvalue weighted by Gasteiger charge is -1.83. The Labute approximate surface area is 55.1 Å². The van der Waals surface area contributed by atoms with Gasteiger partial charge in [0.2, 0.25) is 0 Å². The summed E-state index contributed by atoms with van der Waals surface area (Å²) in [5, 5.41) is 2.44. The Bertz CT molecular complexity index is 286. The van der Waals surface area contributed by atoms with E-state index in [2.05, 4.69) is 14.7 Å². The number of azide groups is 2. The normalized spacial score (nSPS) is 8.80. The van der Waals surface area contributed by atoms with Gasteiger partial charge in [-0.25, -0.2) is 0 Å². The first-order chi connectivity index (χ1) is 4.62. The zero-order valence-electron chi connectivity index (χ0n) is 4.41. The van der Waals surface area contributed by atoms with Gasteiger partial charge in [0.15, 0.2) is 0 Å². The molecular formula is HN7O2S. The Kier molecular flexibility index (Phi) is 2.85. The summed E-state index contributed by atoms with van der Waals surface area (Å²) >= 11 is 0. The molecular weight excluding hydrogens is 162 g/mol. The minimum absolute atomic E-state index is 1.27. The maximum Gasteiger partial charge on any atom is 0.394 e. The van der Waals surface area contributed by atoms with E-state index in [1.165, 1.54) is 4.83 Å². The molecule has 0 aromatic heterocycles. The molecule has 0 radical (unpaired) electrons. The highest BCUT2D eigenvalue weighted by Crippen LogP contribution is 1.84. The summed E-state index contributed by atoms with van der Waals surface area (Å²) in [7, 11) is -4.16. The fourth-order valence-electron chi connectivity index (χ4n) is 0.136. The lowest BCUT2D eigenvalue weighted by atomic mass is 12.7. The first-order valence-electron chi connectivity index (χ1n) is 1.74. The van der Waals surface area contributed by atoms with Gasteiger partial charge < -0.3 is 0 Å². The topological polar surface area (TPSA) is 144 Å². The molecule has 1 N–H and O–H groups in total. The Morgan fingerprint density at radius 3 is 2.30 bits per heavy atom. The molecule has 0 unspecified atom stereocenters. The Hall–Kier alpha value is -1.63. The van der Waals surface area contributed by atoms with E-state index < -0.39 is 10.2 Å². The molecule has 0 saturated carbocycles. The maximum atomic E-state index is 10.2. The van der Waals surface area contributed by atoms with E-state index in [0.29, 0.717) is 0 Å². The minimum Gasteiger partial charge on any atom is -0.175 e. The third-order valence-electron chi connectivity index (χ3n) is 0.345. The molecule has 54 valence electrons. The van der Waals surface area contributed by atoms with Crippen molar-refractivity contribution >= 4 is 10.2 Å². The van der Waals surface area contributed by atoms with Gasteiger partial charge in [0.25, 0.3) is 0 Å². The Balaban J connectivity index is 4.44. The molecule has 9 nitrogen and oxygen atoms in total. The molecule has 0 amide bonds. The van der Waals surface area contributed by atoms with Crippen molar-refractivity contribution in [2.24, 2.45) is 9.74 Å². The maximum absolute atomic E-state index is 10.2.